The van der Waals surface area contributed by atoms with Crippen molar-refractivity contribution in [2.45, 2.75) is 90.2 Å². The minimum absolute atomic E-state index is 0.0418. The summed E-state index contributed by atoms with van der Waals surface area (Å²) in [5, 5.41) is 0.782. The Kier molecular flexibility index (Phi) is 6.84. The molecule has 3 saturated heterocycles. The molecular formula is C31H40N2O6. The van der Waals surface area contributed by atoms with Gasteiger partial charge in [-0.05, 0) is 76.2 Å². The molecule has 2 amide bonds. The number of carbonyl (C=O) groups excluding carboxylic acids is 2. The molecular weight excluding hydrogens is 496 g/mol. The van der Waals surface area contributed by atoms with Gasteiger partial charge in [0.2, 0.25) is 5.91 Å². The van der Waals surface area contributed by atoms with Crippen molar-refractivity contribution in [1.82, 2.24) is 9.80 Å². The zero-order chi connectivity index (χ0) is 27.3. The van der Waals surface area contributed by atoms with Crippen LogP contribution in [0.3, 0.4) is 0 Å². The summed E-state index contributed by atoms with van der Waals surface area (Å²) in [5.74, 6) is 2.08. The summed E-state index contributed by atoms with van der Waals surface area (Å²) in [5.41, 5.74) is 1.61. The Balaban J connectivity index is 1.26. The van der Waals surface area contributed by atoms with E-state index in [9.17, 15) is 14.4 Å². The molecule has 3 atom stereocenters. The molecule has 1 unspecified atom stereocenters. The summed E-state index contributed by atoms with van der Waals surface area (Å²) in [4.78, 5) is 42.5. The van der Waals surface area contributed by atoms with Gasteiger partial charge >= 0.3 is 5.63 Å². The van der Waals surface area contributed by atoms with E-state index < -0.39 is 0 Å². The van der Waals surface area contributed by atoms with Crippen molar-refractivity contribution in [3.63, 3.8) is 0 Å². The van der Waals surface area contributed by atoms with Crippen LogP contribution in [0.2, 0.25) is 0 Å². The number of likely N-dealkylation sites (tertiary alicyclic amines) is 1. The third-order valence-corrected chi connectivity index (χ3v) is 9.17. The number of ether oxygens (including phenoxy) is 2. The molecule has 6 rings (SSSR count). The summed E-state index contributed by atoms with van der Waals surface area (Å²) in [6.45, 7) is 8.22. The Hall–Kier alpha value is -3.03. The number of rotatable bonds is 6. The number of amides is 2. The molecule has 0 saturated carbocycles. The Morgan fingerprint density at radius 2 is 2.00 bits per heavy atom. The standard InChI is InChI=1S/C31H40N2O6/c1-4-5-7-20-13-28(36)38-30-22-10-11-31(2,3)39-24(22)14-25(29(20)30)37-18-27(35)32-15-19-12-21(17-32)23-8-6-9-26(34)33(23)16-19/h13-14,19,21,23H,4-12,15-18H2,1-3H3/t19-,21+,23?/m1/s1. The van der Waals surface area contributed by atoms with E-state index in [0.29, 0.717) is 48.4 Å². The number of carbonyl (C=O) groups is 2. The molecule has 1 aromatic carbocycles. The van der Waals surface area contributed by atoms with Gasteiger partial charge in [-0.25, -0.2) is 4.79 Å². The number of unbranched alkanes of at least 4 members (excludes halogenated alkanes) is 1. The molecule has 0 N–H and O–H groups in total. The fourth-order valence-corrected chi connectivity index (χ4v) is 7.24. The molecule has 4 aliphatic rings. The van der Waals surface area contributed by atoms with Crippen molar-refractivity contribution in [3.05, 3.63) is 33.7 Å². The lowest BCUT2D eigenvalue weighted by atomic mass is 9.76. The largest absolute Gasteiger partial charge is 0.487 e. The molecule has 2 bridgehead atoms. The summed E-state index contributed by atoms with van der Waals surface area (Å²) >= 11 is 0. The van der Waals surface area contributed by atoms with E-state index >= 15 is 0 Å². The molecule has 2 aromatic rings. The normalized spacial score (nSPS) is 25.6. The first-order valence-corrected chi connectivity index (χ1v) is 14.7. The minimum atomic E-state index is -0.371. The van der Waals surface area contributed by atoms with Gasteiger partial charge in [0.1, 0.15) is 22.7 Å². The molecule has 0 spiro atoms. The van der Waals surface area contributed by atoms with Crippen LogP contribution in [0.25, 0.3) is 11.0 Å². The molecule has 0 radical (unpaired) electrons. The first-order valence-electron chi connectivity index (χ1n) is 14.7. The number of benzene rings is 1. The van der Waals surface area contributed by atoms with Gasteiger partial charge in [-0.3, -0.25) is 9.59 Å². The topological polar surface area (TPSA) is 89.3 Å². The van der Waals surface area contributed by atoms with Gasteiger partial charge in [-0.1, -0.05) is 13.3 Å². The van der Waals surface area contributed by atoms with Gasteiger partial charge in [0.25, 0.3) is 5.91 Å². The number of hydrogen-bond acceptors (Lipinski definition) is 6. The highest BCUT2D eigenvalue weighted by molar-refractivity contribution is 5.92. The maximum Gasteiger partial charge on any atom is 0.336 e. The average Bonchev–Trinajstić information content (AvgIpc) is 2.89. The second-order valence-corrected chi connectivity index (χ2v) is 12.6. The Labute approximate surface area is 229 Å². The molecule has 4 aliphatic heterocycles. The summed E-state index contributed by atoms with van der Waals surface area (Å²) in [6, 6.07) is 3.71. The van der Waals surface area contributed by atoms with Crippen LogP contribution in [0.4, 0.5) is 0 Å². The highest BCUT2D eigenvalue weighted by Crippen LogP contribution is 2.43. The van der Waals surface area contributed by atoms with Crippen LogP contribution in [0.5, 0.6) is 11.5 Å². The Bertz CT molecular complexity index is 1350. The van der Waals surface area contributed by atoms with Crippen LogP contribution in [0.1, 0.15) is 76.8 Å². The van der Waals surface area contributed by atoms with Gasteiger partial charge in [-0.2, -0.15) is 0 Å². The zero-order valence-electron chi connectivity index (χ0n) is 23.4. The summed E-state index contributed by atoms with van der Waals surface area (Å²) in [6.07, 6.45) is 7.95. The Morgan fingerprint density at radius 1 is 1.15 bits per heavy atom. The highest BCUT2D eigenvalue weighted by atomic mass is 16.5. The average molecular weight is 537 g/mol. The van der Waals surface area contributed by atoms with E-state index in [1.807, 2.05) is 24.8 Å². The van der Waals surface area contributed by atoms with E-state index in [-0.39, 0.29) is 35.7 Å². The zero-order valence-corrected chi connectivity index (χ0v) is 23.4. The van der Waals surface area contributed by atoms with Gasteiger partial charge in [0.15, 0.2) is 6.61 Å². The predicted molar refractivity (Wildman–Crippen MR) is 147 cm³/mol. The minimum Gasteiger partial charge on any atom is -0.487 e. The molecule has 0 aliphatic carbocycles. The molecule has 8 heteroatoms. The number of hydrogen-bond donors (Lipinski definition) is 0. The number of fused-ring (bicyclic) bond motifs is 7. The molecule has 39 heavy (non-hydrogen) atoms. The third-order valence-electron chi connectivity index (χ3n) is 9.17. The smallest absolute Gasteiger partial charge is 0.336 e. The fourth-order valence-electron chi connectivity index (χ4n) is 7.24. The van der Waals surface area contributed by atoms with Crippen molar-refractivity contribution in [3.8, 4) is 11.5 Å². The summed E-state index contributed by atoms with van der Waals surface area (Å²) < 4.78 is 18.3. The molecule has 3 fully saturated rings. The van der Waals surface area contributed by atoms with Crippen LogP contribution < -0.4 is 15.1 Å². The SMILES string of the molecule is CCCCc1cc(=O)oc2c3c(cc(OCC(=O)N4C[C@H]5C[C@@H](C4)C4CCCC(=O)N4C5)c12)OC(C)(C)CC3. The molecule has 1 aromatic heterocycles. The second-order valence-electron chi connectivity index (χ2n) is 12.6. The number of piperidine rings is 3. The molecule has 210 valence electrons. The van der Waals surface area contributed by atoms with Crippen LogP contribution in [0, 0.1) is 11.8 Å². The maximum absolute atomic E-state index is 13.5. The van der Waals surface area contributed by atoms with E-state index in [1.54, 1.807) is 6.07 Å². The lowest BCUT2D eigenvalue weighted by Crippen LogP contribution is -2.61. The monoisotopic (exact) mass is 536 g/mol. The quantitative estimate of drug-likeness (QED) is 0.506. The lowest BCUT2D eigenvalue weighted by molar-refractivity contribution is -0.149. The predicted octanol–water partition coefficient (Wildman–Crippen LogP) is 4.48. The number of nitrogens with zero attached hydrogens (tertiary/aromatic N) is 2. The summed E-state index contributed by atoms with van der Waals surface area (Å²) in [7, 11) is 0. The lowest BCUT2D eigenvalue weighted by Gasteiger charge is -2.52. The van der Waals surface area contributed by atoms with E-state index in [0.717, 1.165) is 74.4 Å². The van der Waals surface area contributed by atoms with Crippen molar-refractivity contribution in [1.29, 1.82) is 0 Å². The van der Waals surface area contributed by atoms with Crippen molar-refractivity contribution >= 4 is 22.8 Å². The van der Waals surface area contributed by atoms with E-state index in [4.69, 9.17) is 13.9 Å². The molecule has 8 nitrogen and oxygen atoms in total. The second kappa shape index (κ2) is 10.2. The maximum atomic E-state index is 13.5. The van der Waals surface area contributed by atoms with Crippen molar-refractivity contribution in [2.75, 3.05) is 26.2 Å². The number of aryl methyl sites for hydroxylation is 2. The van der Waals surface area contributed by atoms with Gasteiger partial charge in [0, 0.05) is 49.8 Å². The van der Waals surface area contributed by atoms with Crippen LogP contribution in [0.15, 0.2) is 21.3 Å². The van der Waals surface area contributed by atoms with E-state index in [1.165, 1.54) is 0 Å². The van der Waals surface area contributed by atoms with E-state index in [2.05, 4.69) is 11.8 Å². The van der Waals surface area contributed by atoms with Crippen molar-refractivity contribution < 1.29 is 23.5 Å². The van der Waals surface area contributed by atoms with Crippen LogP contribution >= 0.6 is 0 Å². The van der Waals surface area contributed by atoms with Crippen molar-refractivity contribution in [2.24, 2.45) is 11.8 Å². The van der Waals surface area contributed by atoms with Gasteiger partial charge < -0.3 is 23.7 Å². The van der Waals surface area contributed by atoms with Gasteiger partial charge in [-0.15, -0.1) is 0 Å². The Morgan fingerprint density at radius 3 is 2.82 bits per heavy atom. The van der Waals surface area contributed by atoms with Crippen LogP contribution in [-0.4, -0.2) is 59.5 Å². The fraction of sp³-hybridized carbons (Fsp3) is 0.645. The molecule has 5 heterocycles. The highest BCUT2D eigenvalue weighted by Gasteiger charge is 2.44. The van der Waals surface area contributed by atoms with Crippen LogP contribution in [-0.2, 0) is 22.4 Å². The first-order chi connectivity index (χ1) is 18.7. The third kappa shape index (κ3) is 5.03. The first kappa shape index (κ1) is 26.2. The van der Waals surface area contributed by atoms with Gasteiger partial charge in [0.05, 0.1) is 5.39 Å².